The second kappa shape index (κ2) is 8.14. The number of benzene rings is 1. The maximum Gasteiger partial charge on any atom is 0.416 e. The summed E-state index contributed by atoms with van der Waals surface area (Å²) in [4.78, 5) is 27.1. The number of likely N-dealkylation sites (N-methyl/N-ethyl adjacent to an activating group) is 1. The lowest BCUT2D eigenvalue weighted by Gasteiger charge is -2.48. The number of alkyl halides is 3. The molecule has 0 saturated carbocycles. The number of carbonyl (C=O) groups is 1. The molecule has 2 saturated heterocycles. The third-order valence-electron chi connectivity index (χ3n) is 6.19. The van der Waals surface area contributed by atoms with Gasteiger partial charge in [-0.15, -0.1) is 0 Å². The van der Waals surface area contributed by atoms with Crippen LogP contribution >= 0.6 is 11.6 Å². The first kappa shape index (κ1) is 21.9. The number of halogens is 4. The third kappa shape index (κ3) is 3.99. The molecule has 0 spiro atoms. The number of nitrogens with zero attached hydrogens (tertiary/aromatic N) is 7. The Hall–Kier alpha value is -2.92. The van der Waals surface area contributed by atoms with Gasteiger partial charge in [0.1, 0.15) is 5.82 Å². The predicted octanol–water partition coefficient (Wildman–Crippen LogP) is 2.84. The largest absolute Gasteiger partial charge is 0.416 e. The molecule has 0 aliphatic carbocycles. The molecule has 0 radical (unpaired) electrons. The van der Waals surface area contributed by atoms with Crippen molar-refractivity contribution in [3.05, 3.63) is 41.3 Å². The minimum absolute atomic E-state index is 0.0256. The van der Waals surface area contributed by atoms with E-state index in [9.17, 15) is 18.0 Å². The second-order valence-electron chi connectivity index (χ2n) is 8.17. The van der Waals surface area contributed by atoms with Crippen molar-refractivity contribution in [2.24, 2.45) is 0 Å². The van der Waals surface area contributed by atoms with Gasteiger partial charge in [0.05, 0.1) is 35.4 Å². The smallest absolute Gasteiger partial charge is 0.352 e. The molecule has 8 nitrogen and oxygen atoms in total. The zero-order valence-corrected chi connectivity index (χ0v) is 18.5. The van der Waals surface area contributed by atoms with Crippen LogP contribution in [0.4, 0.5) is 19.0 Å². The van der Waals surface area contributed by atoms with Gasteiger partial charge in [-0.2, -0.15) is 28.2 Å². The van der Waals surface area contributed by atoms with E-state index in [1.807, 2.05) is 16.7 Å². The van der Waals surface area contributed by atoms with Crippen LogP contribution < -0.4 is 4.90 Å². The highest BCUT2D eigenvalue weighted by Gasteiger charge is 2.38. The van der Waals surface area contributed by atoms with Crippen molar-refractivity contribution in [1.29, 1.82) is 0 Å². The van der Waals surface area contributed by atoms with Gasteiger partial charge in [-0.1, -0.05) is 13.0 Å². The lowest BCUT2D eigenvalue weighted by molar-refractivity contribution is -0.139. The highest BCUT2D eigenvalue weighted by molar-refractivity contribution is 6.28. The molecule has 174 valence electrons. The number of piperazine rings is 1. The van der Waals surface area contributed by atoms with Crippen LogP contribution in [0, 0.1) is 0 Å². The fourth-order valence-corrected chi connectivity index (χ4v) is 4.49. The van der Waals surface area contributed by atoms with Gasteiger partial charge in [-0.25, -0.2) is 4.68 Å². The van der Waals surface area contributed by atoms with Gasteiger partial charge in [0.15, 0.2) is 5.65 Å². The number of fused-ring (bicyclic) bond motifs is 1. The molecule has 2 aliphatic heterocycles. The highest BCUT2D eigenvalue weighted by Crippen LogP contribution is 2.33. The fraction of sp³-hybridized carbons (Fsp3) is 0.429. The molecule has 2 aromatic heterocycles. The van der Waals surface area contributed by atoms with E-state index in [4.69, 9.17) is 11.6 Å². The fourth-order valence-electron chi connectivity index (χ4n) is 4.33. The Morgan fingerprint density at radius 1 is 1.18 bits per heavy atom. The Kier molecular flexibility index (Phi) is 5.40. The average Bonchev–Trinajstić information content (AvgIpc) is 3.17. The Bertz CT molecular complexity index is 1210. The molecule has 2 fully saturated rings. The monoisotopic (exact) mass is 479 g/mol. The first-order valence-corrected chi connectivity index (χ1v) is 11.0. The number of anilines is 1. The number of hydrogen-bond acceptors (Lipinski definition) is 6. The summed E-state index contributed by atoms with van der Waals surface area (Å²) in [5.74, 6) is 0.676. The number of aromatic nitrogens is 4. The molecule has 0 atom stereocenters. The van der Waals surface area contributed by atoms with Crippen LogP contribution in [0.2, 0.25) is 5.28 Å². The molecule has 33 heavy (non-hydrogen) atoms. The number of hydrogen-bond donors (Lipinski definition) is 0. The zero-order chi connectivity index (χ0) is 23.3. The Morgan fingerprint density at radius 3 is 2.67 bits per heavy atom. The summed E-state index contributed by atoms with van der Waals surface area (Å²) in [6, 6.07) is 4.95. The topological polar surface area (TPSA) is 70.4 Å². The van der Waals surface area contributed by atoms with Crippen LogP contribution in [0.5, 0.6) is 0 Å². The molecular formula is C21H21ClF3N7O. The van der Waals surface area contributed by atoms with E-state index in [2.05, 4.69) is 20.0 Å². The van der Waals surface area contributed by atoms with Crippen LogP contribution in [0.1, 0.15) is 12.5 Å². The summed E-state index contributed by atoms with van der Waals surface area (Å²) in [7, 11) is 0. The Labute approximate surface area is 192 Å². The van der Waals surface area contributed by atoms with Crippen LogP contribution in [0.3, 0.4) is 0 Å². The van der Waals surface area contributed by atoms with Crippen molar-refractivity contribution >= 4 is 34.4 Å². The van der Waals surface area contributed by atoms with Crippen LogP contribution in [0.25, 0.3) is 16.7 Å². The van der Waals surface area contributed by atoms with E-state index in [0.29, 0.717) is 43.0 Å². The molecule has 12 heteroatoms. The predicted molar refractivity (Wildman–Crippen MR) is 117 cm³/mol. The van der Waals surface area contributed by atoms with Gasteiger partial charge in [0, 0.05) is 26.2 Å². The standard InChI is InChI=1S/C21H21ClF3N7O/c1-2-29-6-7-31(17(33)12-29)15-10-30(11-15)18-16-9-26-32(19(16)28-20(22)27-18)14-5-3-4-13(8-14)21(23,24)25/h3-5,8-9,15H,2,6-7,10-12H2,1H3. The lowest BCUT2D eigenvalue weighted by atomic mass is 10.1. The van der Waals surface area contributed by atoms with Gasteiger partial charge in [-0.05, 0) is 36.3 Å². The van der Waals surface area contributed by atoms with E-state index in [1.165, 1.54) is 23.0 Å². The normalized spacial score (nSPS) is 18.3. The highest BCUT2D eigenvalue weighted by atomic mass is 35.5. The summed E-state index contributed by atoms with van der Waals surface area (Å²) < 4.78 is 40.8. The van der Waals surface area contributed by atoms with Crippen LogP contribution in [-0.4, -0.2) is 80.8 Å². The van der Waals surface area contributed by atoms with E-state index in [1.54, 1.807) is 0 Å². The molecule has 0 unspecified atom stereocenters. The van der Waals surface area contributed by atoms with Crippen LogP contribution in [0.15, 0.2) is 30.5 Å². The molecule has 0 N–H and O–H groups in total. The molecule has 1 aromatic carbocycles. The molecule has 1 amide bonds. The summed E-state index contributed by atoms with van der Waals surface area (Å²) >= 11 is 6.17. The van der Waals surface area contributed by atoms with E-state index < -0.39 is 11.7 Å². The number of rotatable bonds is 4. The third-order valence-corrected chi connectivity index (χ3v) is 6.35. The van der Waals surface area contributed by atoms with Crippen LogP contribution in [-0.2, 0) is 11.0 Å². The maximum absolute atomic E-state index is 13.2. The first-order chi connectivity index (χ1) is 15.7. The van der Waals surface area contributed by atoms with Gasteiger partial charge in [-0.3, -0.25) is 9.69 Å². The quantitative estimate of drug-likeness (QED) is 0.536. The SMILES string of the molecule is CCN1CCN(C2CN(c3nc(Cl)nc4c3cnn4-c3cccc(C(F)(F)F)c3)C2)C(=O)C1. The van der Waals surface area contributed by atoms with Crippen molar-refractivity contribution in [1.82, 2.24) is 29.5 Å². The number of amides is 1. The van der Waals surface area contributed by atoms with Gasteiger partial charge >= 0.3 is 6.18 Å². The molecule has 5 rings (SSSR count). The van der Waals surface area contributed by atoms with Gasteiger partial charge in [0.2, 0.25) is 11.2 Å². The van der Waals surface area contributed by atoms with E-state index >= 15 is 0 Å². The van der Waals surface area contributed by atoms with Gasteiger partial charge < -0.3 is 9.80 Å². The van der Waals surface area contributed by atoms with Crippen molar-refractivity contribution in [2.45, 2.75) is 19.1 Å². The Balaban J connectivity index is 1.41. The number of carbonyl (C=O) groups excluding carboxylic acids is 1. The van der Waals surface area contributed by atoms with Crippen molar-refractivity contribution in [3.8, 4) is 5.69 Å². The first-order valence-electron chi connectivity index (χ1n) is 10.6. The van der Waals surface area contributed by atoms with Crippen molar-refractivity contribution in [3.63, 3.8) is 0 Å². The molecule has 3 aromatic rings. The van der Waals surface area contributed by atoms with Crippen molar-refractivity contribution in [2.75, 3.05) is 44.2 Å². The lowest BCUT2D eigenvalue weighted by Crippen LogP contribution is -2.65. The second-order valence-corrected chi connectivity index (χ2v) is 8.51. The molecular weight excluding hydrogens is 459 g/mol. The Morgan fingerprint density at radius 2 is 1.97 bits per heavy atom. The summed E-state index contributed by atoms with van der Waals surface area (Å²) in [6.07, 6.45) is -2.94. The molecule has 2 aliphatic rings. The van der Waals surface area contributed by atoms with Gasteiger partial charge in [0.25, 0.3) is 0 Å². The zero-order valence-electron chi connectivity index (χ0n) is 17.8. The molecule has 4 heterocycles. The van der Waals surface area contributed by atoms with Crippen molar-refractivity contribution < 1.29 is 18.0 Å². The maximum atomic E-state index is 13.2. The average molecular weight is 480 g/mol. The summed E-state index contributed by atoms with van der Waals surface area (Å²) in [5, 5.41) is 4.82. The molecule has 0 bridgehead atoms. The minimum Gasteiger partial charge on any atom is -0.352 e. The summed E-state index contributed by atoms with van der Waals surface area (Å²) in [6.45, 7) is 6.05. The van der Waals surface area contributed by atoms with E-state index in [0.717, 1.165) is 25.2 Å². The minimum atomic E-state index is -4.47. The van der Waals surface area contributed by atoms with E-state index in [-0.39, 0.29) is 22.9 Å². The summed E-state index contributed by atoms with van der Waals surface area (Å²) in [5.41, 5.74) is -0.232.